The zero-order valence-electron chi connectivity index (χ0n) is 13.4. The molecule has 0 saturated carbocycles. The summed E-state index contributed by atoms with van der Waals surface area (Å²) in [6.07, 6.45) is 2.85. The second-order valence-electron chi connectivity index (χ2n) is 5.84. The molecule has 0 spiro atoms. The molecule has 0 bridgehead atoms. The summed E-state index contributed by atoms with van der Waals surface area (Å²) in [5.74, 6) is 0. The van der Waals surface area contributed by atoms with Gasteiger partial charge < -0.3 is 4.74 Å². The summed E-state index contributed by atoms with van der Waals surface area (Å²) in [5.41, 5.74) is 1.12. The van der Waals surface area contributed by atoms with E-state index < -0.39 is 10.0 Å². The molecule has 1 fully saturated rings. The van der Waals surface area contributed by atoms with Crippen LogP contribution in [0.2, 0.25) is 5.15 Å². The van der Waals surface area contributed by atoms with Gasteiger partial charge in [0, 0.05) is 23.8 Å². The number of pyridine rings is 1. The molecular weight excluding hydrogens is 428 g/mol. The predicted molar refractivity (Wildman–Crippen MR) is 100.0 cm³/mol. The molecular formula is C17H18BrClN2O3S. The van der Waals surface area contributed by atoms with Crippen molar-refractivity contribution in [2.24, 2.45) is 0 Å². The number of ether oxygens (including phenoxy) is 1. The van der Waals surface area contributed by atoms with Crippen LogP contribution in [-0.2, 0) is 21.4 Å². The van der Waals surface area contributed by atoms with Gasteiger partial charge in [-0.1, -0.05) is 41.9 Å². The van der Waals surface area contributed by atoms with E-state index >= 15 is 0 Å². The van der Waals surface area contributed by atoms with Gasteiger partial charge >= 0.3 is 0 Å². The van der Waals surface area contributed by atoms with Crippen molar-refractivity contribution in [3.05, 3.63) is 57.8 Å². The fourth-order valence-corrected chi connectivity index (χ4v) is 5.14. The lowest BCUT2D eigenvalue weighted by atomic mass is 10.1. The Morgan fingerprint density at radius 3 is 2.60 bits per heavy atom. The smallest absolute Gasteiger partial charge is 0.246 e. The first-order chi connectivity index (χ1) is 12.0. The number of sulfonamides is 1. The lowest BCUT2D eigenvalue weighted by molar-refractivity contribution is 0.0102. The van der Waals surface area contributed by atoms with Gasteiger partial charge in [0.1, 0.15) is 10.0 Å². The first-order valence-corrected chi connectivity index (χ1v) is 10.5. The SMILES string of the molecule is O=S(=O)(c1cc(Br)cnc1Cl)N1CCC(OCc2ccccc2)CC1. The third-order valence-electron chi connectivity index (χ3n) is 4.12. The van der Waals surface area contributed by atoms with E-state index in [1.54, 1.807) is 0 Å². The van der Waals surface area contributed by atoms with Crippen molar-refractivity contribution >= 4 is 37.6 Å². The predicted octanol–water partition coefficient (Wildman–Crippen LogP) is 3.87. The van der Waals surface area contributed by atoms with E-state index in [0.717, 1.165) is 5.56 Å². The van der Waals surface area contributed by atoms with Crippen LogP contribution in [0.5, 0.6) is 0 Å². The van der Waals surface area contributed by atoms with Gasteiger partial charge in [-0.05, 0) is 40.4 Å². The molecule has 1 aliphatic heterocycles. The van der Waals surface area contributed by atoms with Crippen LogP contribution in [-0.4, -0.2) is 36.9 Å². The van der Waals surface area contributed by atoms with E-state index in [2.05, 4.69) is 20.9 Å². The minimum absolute atomic E-state index is 0.00866. The molecule has 1 saturated heterocycles. The van der Waals surface area contributed by atoms with Gasteiger partial charge in [-0.25, -0.2) is 13.4 Å². The van der Waals surface area contributed by atoms with Gasteiger partial charge in [-0.15, -0.1) is 0 Å². The fraction of sp³-hybridized carbons (Fsp3) is 0.353. The van der Waals surface area contributed by atoms with Gasteiger partial charge in [0.15, 0.2) is 0 Å². The Balaban J connectivity index is 1.60. The Bertz CT molecular complexity index is 825. The zero-order valence-corrected chi connectivity index (χ0v) is 16.6. The molecule has 0 N–H and O–H groups in total. The number of aromatic nitrogens is 1. The second kappa shape index (κ2) is 8.14. The quantitative estimate of drug-likeness (QED) is 0.656. The van der Waals surface area contributed by atoms with Crippen molar-refractivity contribution in [1.82, 2.24) is 9.29 Å². The van der Waals surface area contributed by atoms with E-state index in [0.29, 0.717) is 37.0 Å². The minimum Gasteiger partial charge on any atom is -0.373 e. The molecule has 0 atom stereocenters. The molecule has 1 aromatic carbocycles. The van der Waals surface area contributed by atoms with E-state index in [1.165, 1.54) is 16.6 Å². The molecule has 0 unspecified atom stereocenters. The van der Waals surface area contributed by atoms with Gasteiger partial charge in [0.05, 0.1) is 12.7 Å². The maximum atomic E-state index is 12.8. The monoisotopic (exact) mass is 444 g/mol. The number of hydrogen-bond acceptors (Lipinski definition) is 4. The topological polar surface area (TPSA) is 59.5 Å². The van der Waals surface area contributed by atoms with Crippen molar-refractivity contribution in [2.75, 3.05) is 13.1 Å². The highest BCUT2D eigenvalue weighted by Crippen LogP contribution is 2.28. The molecule has 3 rings (SSSR count). The summed E-state index contributed by atoms with van der Waals surface area (Å²) < 4.78 is 33.5. The fourth-order valence-electron chi connectivity index (χ4n) is 2.75. The van der Waals surface area contributed by atoms with Crippen molar-refractivity contribution in [3.8, 4) is 0 Å². The molecule has 2 heterocycles. The molecule has 0 radical (unpaired) electrons. The Hall–Kier alpha value is -0.990. The molecule has 0 aliphatic carbocycles. The van der Waals surface area contributed by atoms with E-state index in [-0.39, 0.29) is 16.2 Å². The van der Waals surface area contributed by atoms with Gasteiger partial charge in [0.2, 0.25) is 10.0 Å². The average Bonchev–Trinajstić information content (AvgIpc) is 2.63. The Morgan fingerprint density at radius 2 is 1.92 bits per heavy atom. The highest BCUT2D eigenvalue weighted by Gasteiger charge is 2.31. The van der Waals surface area contributed by atoms with Crippen LogP contribution in [0.4, 0.5) is 0 Å². The minimum atomic E-state index is -3.65. The van der Waals surface area contributed by atoms with Gasteiger partial charge in [-0.3, -0.25) is 0 Å². The summed E-state index contributed by atoms with van der Waals surface area (Å²) in [7, 11) is -3.65. The first-order valence-electron chi connectivity index (χ1n) is 7.93. The average molecular weight is 446 g/mol. The van der Waals surface area contributed by atoms with Crippen molar-refractivity contribution in [2.45, 2.75) is 30.4 Å². The van der Waals surface area contributed by atoms with Crippen LogP contribution in [0, 0.1) is 0 Å². The van der Waals surface area contributed by atoms with Crippen LogP contribution >= 0.6 is 27.5 Å². The maximum absolute atomic E-state index is 12.8. The molecule has 8 heteroatoms. The molecule has 25 heavy (non-hydrogen) atoms. The number of nitrogens with zero attached hydrogens (tertiary/aromatic N) is 2. The second-order valence-corrected chi connectivity index (χ2v) is 9.02. The lowest BCUT2D eigenvalue weighted by Gasteiger charge is -2.31. The Kier molecular flexibility index (Phi) is 6.12. The number of halogens is 2. The number of piperidine rings is 1. The maximum Gasteiger partial charge on any atom is 0.246 e. The summed E-state index contributed by atoms with van der Waals surface area (Å²) >= 11 is 9.22. The summed E-state index contributed by atoms with van der Waals surface area (Å²) in [4.78, 5) is 3.94. The van der Waals surface area contributed by atoms with Crippen LogP contribution in [0.1, 0.15) is 18.4 Å². The normalized spacial score (nSPS) is 16.9. The summed E-state index contributed by atoms with van der Waals surface area (Å²) in [6, 6.07) is 11.4. The number of rotatable bonds is 5. The Morgan fingerprint density at radius 1 is 1.24 bits per heavy atom. The highest BCUT2D eigenvalue weighted by atomic mass is 79.9. The number of benzene rings is 1. The van der Waals surface area contributed by atoms with Crippen LogP contribution < -0.4 is 0 Å². The van der Waals surface area contributed by atoms with Gasteiger partial charge in [0.25, 0.3) is 0 Å². The highest BCUT2D eigenvalue weighted by molar-refractivity contribution is 9.10. The van der Waals surface area contributed by atoms with E-state index in [9.17, 15) is 8.42 Å². The van der Waals surface area contributed by atoms with E-state index in [4.69, 9.17) is 16.3 Å². The van der Waals surface area contributed by atoms with Crippen LogP contribution in [0.25, 0.3) is 0 Å². The molecule has 2 aromatic rings. The molecule has 5 nitrogen and oxygen atoms in total. The summed E-state index contributed by atoms with van der Waals surface area (Å²) in [6.45, 7) is 1.36. The van der Waals surface area contributed by atoms with Crippen LogP contribution in [0.3, 0.4) is 0 Å². The zero-order chi connectivity index (χ0) is 17.9. The lowest BCUT2D eigenvalue weighted by Crippen LogP contribution is -2.40. The largest absolute Gasteiger partial charge is 0.373 e. The first kappa shape index (κ1) is 18.8. The van der Waals surface area contributed by atoms with E-state index in [1.807, 2.05) is 30.3 Å². The molecule has 0 amide bonds. The van der Waals surface area contributed by atoms with Gasteiger partial charge in [-0.2, -0.15) is 4.31 Å². The Labute approximate surface area is 161 Å². The third-order valence-corrected chi connectivity index (χ3v) is 6.88. The van der Waals surface area contributed by atoms with Crippen molar-refractivity contribution in [1.29, 1.82) is 0 Å². The summed E-state index contributed by atoms with van der Waals surface area (Å²) in [5, 5.41) is -0.00866. The van der Waals surface area contributed by atoms with Crippen molar-refractivity contribution < 1.29 is 13.2 Å². The number of hydrogen-bond donors (Lipinski definition) is 0. The molecule has 1 aliphatic rings. The van der Waals surface area contributed by atoms with Crippen molar-refractivity contribution in [3.63, 3.8) is 0 Å². The van der Waals surface area contributed by atoms with Crippen LogP contribution in [0.15, 0.2) is 52.0 Å². The molecule has 134 valence electrons. The third kappa shape index (κ3) is 4.60. The molecule has 1 aromatic heterocycles. The standard InChI is InChI=1S/C17H18BrClN2O3S/c18-14-10-16(17(19)20-11-14)25(22,23)21-8-6-15(7-9-21)24-12-13-4-2-1-3-5-13/h1-5,10-11,15H,6-9,12H2.